The lowest BCUT2D eigenvalue weighted by Gasteiger charge is -2.20. The van der Waals surface area contributed by atoms with Gasteiger partial charge in [-0.3, -0.25) is 4.79 Å². The van der Waals surface area contributed by atoms with E-state index in [0.717, 1.165) is 31.5 Å². The predicted octanol–water partition coefficient (Wildman–Crippen LogP) is 4.10. The number of benzene rings is 1. The highest BCUT2D eigenvalue weighted by atomic mass is 35.5. The zero-order valence-corrected chi connectivity index (χ0v) is 14.8. The van der Waals surface area contributed by atoms with Gasteiger partial charge in [0.05, 0.1) is 16.5 Å². The summed E-state index contributed by atoms with van der Waals surface area (Å²) >= 11 is 13.4. The van der Waals surface area contributed by atoms with Crippen molar-refractivity contribution in [1.82, 2.24) is 10.3 Å². The van der Waals surface area contributed by atoms with Crippen LogP contribution in [0.1, 0.15) is 29.2 Å². The molecule has 23 heavy (non-hydrogen) atoms. The molecule has 122 valence electrons. The number of nitrogens with one attached hydrogen (secondary N) is 2. The molecule has 1 aromatic heterocycles. The molecular weight excluding hydrogens is 353 g/mol. The van der Waals surface area contributed by atoms with E-state index in [0.29, 0.717) is 21.1 Å². The van der Waals surface area contributed by atoms with Gasteiger partial charge in [-0.05, 0) is 49.5 Å². The Balaban J connectivity index is 1.59. The number of nitrogens with zero attached hydrogens (tertiary/aromatic N) is 1. The van der Waals surface area contributed by atoms with Crippen molar-refractivity contribution in [3.8, 4) is 0 Å². The Morgan fingerprint density at radius 3 is 2.83 bits per heavy atom. The average Bonchev–Trinajstić information content (AvgIpc) is 3.00. The number of carbonyl (C=O) groups excluding carboxylic acids is 1. The van der Waals surface area contributed by atoms with Crippen LogP contribution in [0.4, 0.5) is 5.13 Å². The summed E-state index contributed by atoms with van der Waals surface area (Å²) in [6.45, 7) is 2.09. The number of halogens is 2. The Morgan fingerprint density at radius 1 is 1.30 bits per heavy atom. The fraction of sp³-hybridized carbons (Fsp3) is 0.375. The second-order valence-corrected chi connectivity index (χ2v) is 7.44. The molecule has 1 saturated heterocycles. The molecule has 0 radical (unpaired) electrons. The first-order chi connectivity index (χ1) is 11.1. The van der Waals surface area contributed by atoms with E-state index in [2.05, 4.69) is 15.6 Å². The normalized spacial score (nSPS) is 15.6. The number of anilines is 1. The molecule has 1 amide bonds. The summed E-state index contributed by atoms with van der Waals surface area (Å²) in [5.74, 6) is 0.448. The summed E-state index contributed by atoms with van der Waals surface area (Å²) in [6.07, 6.45) is 4.38. The van der Waals surface area contributed by atoms with Crippen molar-refractivity contribution < 1.29 is 4.79 Å². The zero-order valence-electron chi connectivity index (χ0n) is 12.4. The van der Waals surface area contributed by atoms with Gasteiger partial charge in [0.15, 0.2) is 5.13 Å². The van der Waals surface area contributed by atoms with Crippen molar-refractivity contribution in [2.24, 2.45) is 0 Å². The van der Waals surface area contributed by atoms with Crippen LogP contribution in [0.3, 0.4) is 0 Å². The molecule has 0 bridgehead atoms. The van der Waals surface area contributed by atoms with Crippen LogP contribution in [0.2, 0.25) is 10.0 Å². The van der Waals surface area contributed by atoms with Crippen molar-refractivity contribution in [2.75, 3.05) is 18.4 Å². The molecule has 1 fully saturated rings. The average molecular weight is 370 g/mol. The van der Waals surface area contributed by atoms with Gasteiger partial charge in [0.1, 0.15) is 0 Å². The highest BCUT2D eigenvalue weighted by Crippen LogP contribution is 2.31. The molecule has 1 aromatic carbocycles. The van der Waals surface area contributed by atoms with E-state index in [9.17, 15) is 4.79 Å². The second kappa shape index (κ2) is 7.62. The molecule has 7 heteroatoms. The summed E-state index contributed by atoms with van der Waals surface area (Å²) < 4.78 is 0. The van der Waals surface area contributed by atoms with Crippen molar-refractivity contribution >= 4 is 45.6 Å². The Hall–Kier alpha value is -1.14. The summed E-state index contributed by atoms with van der Waals surface area (Å²) in [4.78, 5) is 17.7. The number of amides is 1. The van der Waals surface area contributed by atoms with E-state index in [1.165, 1.54) is 4.88 Å². The second-order valence-electron chi connectivity index (χ2n) is 5.57. The summed E-state index contributed by atoms with van der Waals surface area (Å²) in [7, 11) is 0. The van der Waals surface area contributed by atoms with Gasteiger partial charge in [-0.25, -0.2) is 4.98 Å². The smallest absolute Gasteiger partial charge is 0.230 e. The van der Waals surface area contributed by atoms with Crippen LogP contribution < -0.4 is 10.6 Å². The Morgan fingerprint density at radius 2 is 2.09 bits per heavy atom. The predicted molar refractivity (Wildman–Crippen MR) is 95.8 cm³/mol. The Bertz CT molecular complexity index is 698. The Kier molecular flexibility index (Phi) is 5.54. The minimum Gasteiger partial charge on any atom is -0.317 e. The van der Waals surface area contributed by atoms with Gasteiger partial charge >= 0.3 is 0 Å². The minimum absolute atomic E-state index is 0.102. The van der Waals surface area contributed by atoms with Crippen LogP contribution in [-0.2, 0) is 11.2 Å². The first-order valence-corrected chi connectivity index (χ1v) is 9.09. The number of hydrogen-bond acceptors (Lipinski definition) is 4. The van der Waals surface area contributed by atoms with Crippen molar-refractivity contribution in [2.45, 2.75) is 25.2 Å². The number of aromatic nitrogens is 1. The highest BCUT2D eigenvalue weighted by Gasteiger charge is 2.18. The van der Waals surface area contributed by atoms with Crippen molar-refractivity contribution in [3.63, 3.8) is 0 Å². The van der Waals surface area contributed by atoms with Gasteiger partial charge < -0.3 is 10.6 Å². The lowest BCUT2D eigenvalue weighted by molar-refractivity contribution is -0.115. The van der Waals surface area contributed by atoms with Gasteiger partial charge in [-0.1, -0.05) is 29.3 Å². The van der Waals surface area contributed by atoms with Crippen LogP contribution in [0, 0.1) is 0 Å². The molecule has 0 saturated carbocycles. The van der Waals surface area contributed by atoms with E-state index in [1.54, 1.807) is 29.5 Å². The molecule has 2 heterocycles. The fourth-order valence-electron chi connectivity index (χ4n) is 2.64. The summed E-state index contributed by atoms with van der Waals surface area (Å²) in [5.41, 5.74) is 0.826. The first kappa shape index (κ1) is 16.7. The third-order valence-electron chi connectivity index (χ3n) is 3.86. The molecule has 1 aliphatic rings. The number of rotatable bonds is 4. The van der Waals surface area contributed by atoms with Crippen molar-refractivity contribution in [3.05, 3.63) is 44.9 Å². The van der Waals surface area contributed by atoms with Gasteiger partial charge in [0.25, 0.3) is 0 Å². The van der Waals surface area contributed by atoms with Crippen molar-refractivity contribution in [1.29, 1.82) is 0 Å². The van der Waals surface area contributed by atoms with E-state index >= 15 is 0 Å². The topological polar surface area (TPSA) is 54.0 Å². The monoisotopic (exact) mass is 369 g/mol. The number of thiazole rings is 1. The first-order valence-electron chi connectivity index (χ1n) is 7.52. The largest absolute Gasteiger partial charge is 0.317 e. The van der Waals surface area contributed by atoms with Crippen LogP contribution in [0.25, 0.3) is 0 Å². The maximum atomic E-state index is 12.1. The SMILES string of the molecule is O=C(Cc1ccc(Cl)c(Cl)c1)Nc1ncc(C2CCNCC2)s1. The van der Waals surface area contributed by atoms with Crippen LogP contribution in [0.15, 0.2) is 24.4 Å². The molecule has 0 spiro atoms. The van der Waals surface area contributed by atoms with Crippen LogP contribution in [-0.4, -0.2) is 24.0 Å². The van der Waals surface area contributed by atoms with Crippen LogP contribution >= 0.6 is 34.5 Å². The van der Waals surface area contributed by atoms with Gasteiger partial charge in [-0.15, -0.1) is 11.3 Å². The fourth-order valence-corrected chi connectivity index (χ4v) is 3.96. The molecule has 0 unspecified atom stereocenters. The van der Waals surface area contributed by atoms with E-state index in [-0.39, 0.29) is 12.3 Å². The third-order valence-corrected chi connectivity index (χ3v) is 5.67. The van der Waals surface area contributed by atoms with Gasteiger partial charge in [0.2, 0.25) is 5.91 Å². The molecule has 2 N–H and O–H groups in total. The molecular formula is C16H17Cl2N3OS. The molecule has 0 aliphatic carbocycles. The molecule has 0 atom stereocenters. The molecule has 2 aromatic rings. The van der Waals surface area contributed by atoms with E-state index in [4.69, 9.17) is 23.2 Å². The van der Waals surface area contributed by atoms with Gasteiger partial charge in [0, 0.05) is 11.1 Å². The highest BCUT2D eigenvalue weighted by molar-refractivity contribution is 7.15. The molecule has 3 rings (SSSR count). The number of piperidine rings is 1. The Labute approximate surface area is 149 Å². The maximum absolute atomic E-state index is 12.1. The maximum Gasteiger partial charge on any atom is 0.230 e. The van der Waals surface area contributed by atoms with Crippen LogP contribution in [0.5, 0.6) is 0 Å². The quantitative estimate of drug-likeness (QED) is 0.852. The standard InChI is InChI=1S/C16H17Cl2N3OS/c17-12-2-1-10(7-13(12)18)8-15(22)21-16-20-9-14(23-16)11-3-5-19-6-4-11/h1-2,7,9,11,19H,3-6,8H2,(H,20,21,22). The molecule has 4 nitrogen and oxygen atoms in total. The third kappa shape index (κ3) is 4.44. The summed E-state index contributed by atoms with van der Waals surface area (Å²) in [6, 6.07) is 5.22. The lowest BCUT2D eigenvalue weighted by Crippen LogP contribution is -2.26. The van der Waals surface area contributed by atoms with E-state index < -0.39 is 0 Å². The van der Waals surface area contributed by atoms with Gasteiger partial charge in [-0.2, -0.15) is 0 Å². The number of carbonyl (C=O) groups is 1. The summed E-state index contributed by atoms with van der Waals surface area (Å²) in [5, 5.41) is 7.82. The lowest BCUT2D eigenvalue weighted by atomic mass is 9.97. The zero-order chi connectivity index (χ0) is 16.2. The minimum atomic E-state index is -0.102. The number of hydrogen-bond donors (Lipinski definition) is 2. The van der Waals surface area contributed by atoms with E-state index in [1.807, 2.05) is 6.20 Å². The molecule has 1 aliphatic heterocycles.